The van der Waals surface area contributed by atoms with Gasteiger partial charge in [-0.25, -0.2) is 0 Å². The molecule has 0 bridgehead atoms. The molecule has 1 fully saturated rings. The molecule has 9 nitrogen and oxygen atoms in total. The summed E-state index contributed by atoms with van der Waals surface area (Å²) in [4.78, 5) is 11.4. The zero-order chi connectivity index (χ0) is 30.3. The Labute approximate surface area is 262 Å². The fraction of sp³-hybridized carbons (Fsp3) is 0.324. The highest BCUT2D eigenvalue weighted by atomic mass is 35.5. The van der Waals surface area contributed by atoms with Crippen LogP contribution in [0.2, 0.25) is 5.02 Å². The molecule has 0 spiro atoms. The van der Waals surface area contributed by atoms with E-state index in [1.807, 2.05) is 59.5 Å². The summed E-state index contributed by atoms with van der Waals surface area (Å²) in [5, 5.41) is 27.6. The number of pyridine rings is 2. The molecular formula is C34H36ClN9. The smallest absolute Gasteiger partial charge is 0.110 e. The molecule has 6 rings (SSSR count). The van der Waals surface area contributed by atoms with E-state index in [2.05, 4.69) is 60.9 Å². The second kappa shape index (κ2) is 13.8. The van der Waals surface area contributed by atoms with Gasteiger partial charge in [0.25, 0.3) is 0 Å². The van der Waals surface area contributed by atoms with Crippen LogP contribution in [0.1, 0.15) is 67.1 Å². The number of aromatic nitrogens is 5. The average Bonchev–Trinajstić information content (AvgIpc) is 3.76. The Kier molecular flexibility index (Phi) is 9.30. The molecule has 2 atom stereocenters. The predicted octanol–water partition coefficient (Wildman–Crippen LogP) is 7.00. The Hall–Kier alpha value is -4.52. The molecule has 10 heteroatoms. The van der Waals surface area contributed by atoms with Crippen LogP contribution >= 0.6 is 11.6 Å². The Morgan fingerprint density at radius 1 is 1.00 bits per heavy atom. The van der Waals surface area contributed by atoms with E-state index in [9.17, 15) is 5.26 Å². The summed E-state index contributed by atoms with van der Waals surface area (Å²) < 4.78 is 1.92. The highest BCUT2D eigenvalue weighted by Crippen LogP contribution is 2.37. The molecule has 0 amide bonds. The predicted molar refractivity (Wildman–Crippen MR) is 175 cm³/mol. The van der Waals surface area contributed by atoms with Crippen LogP contribution in [0, 0.1) is 11.3 Å². The van der Waals surface area contributed by atoms with Crippen LogP contribution < -0.4 is 10.6 Å². The molecule has 4 heterocycles. The summed E-state index contributed by atoms with van der Waals surface area (Å²) in [5.74, 6) is 0. The van der Waals surface area contributed by atoms with Gasteiger partial charge in [-0.2, -0.15) is 5.26 Å². The molecule has 1 aliphatic heterocycles. The number of anilines is 2. The van der Waals surface area contributed by atoms with Crippen molar-refractivity contribution in [3.05, 3.63) is 107 Å². The largest absolute Gasteiger partial charge is 0.377 e. The van der Waals surface area contributed by atoms with Crippen LogP contribution in [-0.4, -0.2) is 49.5 Å². The molecule has 2 N–H and O–H groups in total. The first-order chi connectivity index (χ1) is 21.6. The van der Waals surface area contributed by atoms with Crippen LogP contribution in [-0.2, 0) is 6.54 Å². The van der Waals surface area contributed by atoms with Gasteiger partial charge in [-0.15, -0.1) is 5.10 Å². The number of aryl methyl sites for hydroxylation is 1. The first-order valence-electron chi connectivity index (χ1n) is 15.3. The van der Waals surface area contributed by atoms with Gasteiger partial charge >= 0.3 is 0 Å². The fourth-order valence-electron chi connectivity index (χ4n) is 5.92. The third kappa shape index (κ3) is 6.67. The first kappa shape index (κ1) is 29.5. The maximum atomic E-state index is 10.0. The lowest BCUT2D eigenvalue weighted by atomic mass is 10.0. The van der Waals surface area contributed by atoms with Crippen molar-refractivity contribution in [3.63, 3.8) is 0 Å². The van der Waals surface area contributed by atoms with Gasteiger partial charge in [0.05, 0.1) is 40.1 Å². The Morgan fingerprint density at radius 3 is 2.57 bits per heavy atom. The number of rotatable bonds is 12. The number of fused-ring (bicyclic) bond motifs is 1. The second-order valence-corrected chi connectivity index (χ2v) is 11.6. The van der Waals surface area contributed by atoms with E-state index in [1.54, 1.807) is 12.4 Å². The minimum absolute atomic E-state index is 0.00735. The third-order valence-corrected chi connectivity index (χ3v) is 8.50. The van der Waals surface area contributed by atoms with E-state index in [0.717, 1.165) is 53.8 Å². The Balaban J connectivity index is 1.32. The zero-order valence-corrected chi connectivity index (χ0v) is 25.6. The number of hydrogen-bond acceptors (Lipinski definition) is 8. The van der Waals surface area contributed by atoms with Gasteiger partial charge in [0.1, 0.15) is 11.8 Å². The van der Waals surface area contributed by atoms with Crippen LogP contribution in [0.25, 0.3) is 10.9 Å². The summed E-state index contributed by atoms with van der Waals surface area (Å²) in [7, 11) is 0. The van der Waals surface area contributed by atoms with Crippen molar-refractivity contribution in [2.24, 2.45) is 0 Å². The molecule has 1 aliphatic rings. The molecule has 0 aliphatic carbocycles. The first-order valence-corrected chi connectivity index (χ1v) is 15.6. The van der Waals surface area contributed by atoms with E-state index in [4.69, 9.17) is 11.6 Å². The van der Waals surface area contributed by atoms with Gasteiger partial charge in [0, 0.05) is 36.2 Å². The van der Waals surface area contributed by atoms with Crippen molar-refractivity contribution in [1.29, 1.82) is 5.26 Å². The van der Waals surface area contributed by atoms with E-state index in [-0.39, 0.29) is 12.1 Å². The van der Waals surface area contributed by atoms with Crippen LogP contribution in [0.4, 0.5) is 11.4 Å². The third-order valence-electron chi connectivity index (χ3n) is 8.22. The SMILES string of the molecule is CCC(Nc1c(C#N)cnc2c(Cl)cc(NC(c3cccnc3)c3cn(CCCN4CCCC4)nn3)cc12)c1ccccc1. The van der Waals surface area contributed by atoms with Gasteiger partial charge in [-0.05, 0) is 74.6 Å². The average molecular weight is 606 g/mol. The highest BCUT2D eigenvalue weighted by molar-refractivity contribution is 6.35. The van der Waals surface area contributed by atoms with Crippen molar-refractivity contribution >= 4 is 33.9 Å². The second-order valence-electron chi connectivity index (χ2n) is 11.2. The van der Waals surface area contributed by atoms with Crippen molar-refractivity contribution in [1.82, 2.24) is 29.9 Å². The van der Waals surface area contributed by atoms with E-state index < -0.39 is 0 Å². The molecule has 2 unspecified atom stereocenters. The van der Waals surface area contributed by atoms with Gasteiger partial charge in [0.2, 0.25) is 0 Å². The fourth-order valence-corrected chi connectivity index (χ4v) is 6.19. The molecule has 5 aromatic rings. The molecule has 44 heavy (non-hydrogen) atoms. The van der Waals surface area contributed by atoms with Crippen LogP contribution in [0.3, 0.4) is 0 Å². The summed E-state index contributed by atoms with van der Waals surface area (Å²) in [5.41, 5.74) is 5.44. The van der Waals surface area contributed by atoms with E-state index in [1.165, 1.54) is 25.9 Å². The van der Waals surface area contributed by atoms with E-state index in [0.29, 0.717) is 21.8 Å². The Morgan fingerprint density at radius 2 is 1.82 bits per heavy atom. The summed E-state index contributed by atoms with van der Waals surface area (Å²) in [6.07, 6.45) is 11.6. The molecule has 224 valence electrons. The van der Waals surface area contributed by atoms with Gasteiger partial charge in [-0.3, -0.25) is 14.6 Å². The maximum Gasteiger partial charge on any atom is 0.110 e. The summed E-state index contributed by atoms with van der Waals surface area (Å²) in [6.45, 7) is 6.39. The molecule has 0 radical (unpaired) electrons. The van der Waals surface area contributed by atoms with E-state index >= 15 is 0 Å². The molecule has 2 aromatic carbocycles. The zero-order valence-electron chi connectivity index (χ0n) is 24.8. The lowest BCUT2D eigenvalue weighted by Gasteiger charge is -2.22. The quantitative estimate of drug-likeness (QED) is 0.157. The van der Waals surface area contributed by atoms with Crippen molar-refractivity contribution in [3.8, 4) is 6.07 Å². The van der Waals surface area contributed by atoms with Crippen LogP contribution in [0.5, 0.6) is 0 Å². The minimum Gasteiger partial charge on any atom is -0.377 e. The summed E-state index contributed by atoms with van der Waals surface area (Å²) in [6, 6.07) is 20.0. The Bertz CT molecular complexity index is 1730. The number of nitrogens with one attached hydrogen (secondary N) is 2. The standard InChI is InChI=1S/C34H36ClN9/c1-2-30(24-10-4-3-5-11-24)40-32-26(20-36)22-38-34-28(32)18-27(19-29(34)35)39-33(25-12-8-13-37-21-25)31-23-44(42-41-31)17-9-16-43-14-6-7-15-43/h3-5,8,10-13,18-19,21-23,30,33,39H,2,6-7,9,14-17H2,1H3,(H,38,40). The van der Waals surface area contributed by atoms with Crippen molar-refractivity contribution in [2.75, 3.05) is 30.3 Å². The highest BCUT2D eigenvalue weighted by Gasteiger charge is 2.21. The molecular weight excluding hydrogens is 570 g/mol. The number of benzene rings is 2. The maximum absolute atomic E-state index is 10.0. The number of nitrogens with zero attached hydrogens (tertiary/aromatic N) is 7. The monoisotopic (exact) mass is 605 g/mol. The topological polar surface area (TPSA) is 108 Å². The summed E-state index contributed by atoms with van der Waals surface area (Å²) >= 11 is 6.85. The normalized spacial score (nSPS) is 14.8. The van der Waals surface area contributed by atoms with Gasteiger partial charge < -0.3 is 15.5 Å². The molecule has 0 saturated carbocycles. The van der Waals surface area contributed by atoms with Crippen molar-refractivity contribution in [2.45, 2.75) is 51.2 Å². The lowest BCUT2D eigenvalue weighted by molar-refractivity contribution is 0.321. The number of halogens is 1. The van der Waals surface area contributed by atoms with Crippen molar-refractivity contribution < 1.29 is 0 Å². The van der Waals surface area contributed by atoms with Crippen LogP contribution in [0.15, 0.2) is 79.4 Å². The number of nitriles is 1. The lowest BCUT2D eigenvalue weighted by Crippen LogP contribution is -2.21. The molecule has 1 saturated heterocycles. The van der Waals surface area contributed by atoms with Gasteiger partial charge in [-0.1, -0.05) is 60.1 Å². The minimum atomic E-state index is -0.319. The molecule has 3 aromatic heterocycles. The number of hydrogen-bond donors (Lipinski definition) is 2. The van der Waals surface area contributed by atoms with Gasteiger partial charge in [0.15, 0.2) is 0 Å². The number of likely N-dealkylation sites (tertiary alicyclic amines) is 1.